The quantitative estimate of drug-likeness (QED) is 0.323. The van der Waals surface area contributed by atoms with E-state index < -0.39 is 22.9 Å². The van der Waals surface area contributed by atoms with Gasteiger partial charge in [0.2, 0.25) is 17.7 Å². The van der Waals surface area contributed by atoms with Crippen molar-refractivity contribution in [3.8, 4) is 0 Å². The summed E-state index contributed by atoms with van der Waals surface area (Å²) in [5.74, 6) is -0.581. The van der Waals surface area contributed by atoms with Crippen LogP contribution in [0.25, 0.3) is 0 Å². The van der Waals surface area contributed by atoms with Gasteiger partial charge in [-0.1, -0.05) is 115 Å². The van der Waals surface area contributed by atoms with E-state index in [0.29, 0.717) is 12.1 Å². The Bertz CT molecular complexity index is 1180. The van der Waals surface area contributed by atoms with Crippen LogP contribution >= 0.6 is 0 Å². The fourth-order valence-electron chi connectivity index (χ4n) is 5.08. The number of amides is 3. The second-order valence-corrected chi connectivity index (χ2v) is 12.8. The van der Waals surface area contributed by atoms with Crippen LogP contribution in [0.3, 0.4) is 0 Å². The van der Waals surface area contributed by atoms with E-state index in [0.717, 1.165) is 11.1 Å². The van der Waals surface area contributed by atoms with Crippen LogP contribution in [0.5, 0.6) is 0 Å². The molecule has 7 nitrogen and oxygen atoms in total. The van der Waals surface area contributed by atoms with Crippen LogP contribution in [0.15, 0.2) is 72.3 Å². The number of hydrogen-bond donors (Lipinski definition) is 3. The highest BCUT2D eigenvalue weighted by molar-refractivity contribution is 5.93. The summed E-state index contributed by atoms with van der Waals surface area (Å²) < 4.78 is 0. The summed E-state index contributed by atoms with van der Waals surface area (Å²) in [6.45, 7) is 16.1. The molecule has 7 heteroatoms. The summed E-state index contributed by atoms with van der Waals surface area (Å²) in [7, 11) is 3.51. The van der Waals surface area contributed by atoms with Gasteiger partial charge in [-0.3, -0.25) is 14.4 Å². The molecule has 3 amide bonds. The zero-order chi connectivity index (χ0) is 31.0. The van der Waals surface area contributed by atoms with E-state index in [1.165, 1.54) is 0 Å². The van der Waals surface area contributed by atoms with E-state index >= 15 is 0 Å². The third-order valence-electron chi connectivity index (χ3n) is 7.74. The SMILES string of the molecule is CNC(C(=O)NC(C(=O)N(C)C(/C=C(\C)C(=O)NCc1ccccc1)C(C)C)C(C)(C)C)C(C)(C)c1ccccc1. The Balaban J connectivity index is 2.26. The van der Waals surface area contributed by atoms with Crippen LogP contribution in [-0.4, -0.2) is 54.8 Å². The van der Waals surface area contributed by atoms with Crippen LogP contribution in [0, 0.1) is 11.3 Å². The number of rotatable bonds is 12. The molecular formula is C34H50N4O3. The van der Waals surface area contributed by atoms with E-state index in [9.17, 15) is 14.4 Å². The third-order valence-corrected chi connectivity index (χ3v) is 7.74. The number of benzene rings is 2. The first-order valence-electron chi connectivity index (χ1n) is 14.4. The number of hydrogen-bond acceptors (Lipinski definition) is 4. The lowest BCUT2D eigenvalue weighted by atomic mass is 9.76. The number of nitrogens with one attached hydrogen (secondary N) is 3. The molecule has 0 aliphatic heterocycles. The van der Waals surface area contributed by atoms with Gasteiger partial charge in [0.05, 0.1) is 12.1 Å². The number of carbonyl (C=O) groups is 3. The maximum atomic E-state index is 14.0. The van der Waals surface area contributed by atoms with Gasteiger partial charge in [0.1, 0.15) is 6.04 Å². The van der Waals surface area contributed by atoms with Gasteiger partial charge in [0, 0.05) is 24.6 Å². The van der Waals surface area contributed by atoms with Crippen molar-refractivity contribution in [3.63, 3.8) is 0 Å². The topological polar surface area (TPSA) is 90.5 Å². The van der Waals surface area contributed by atoms with E-state index in [4.69, 9.17) is 0 Å². The molecule has 2 rings (SSSR count). The summed E-state index contributed by atoms with van der Waals surface area (Å²) >= 11 is 0. The van der Waals surface area contributed by atoms with Crippen molar-refractivity contribution in [2.75, 3.05) is 14.1 Å². The lowest BCUT2D eigenvalue weighted by Crippen LogP contribution is -2.61. The van der Waals surface area contributed by atoms with Gasteiger partial charge >= 0.3 is 0 Å². The average Bonchev–Trinajstić information content (AvgIpc) is 2.92. The lowest BCUT2D eigenvalue weighted by Gasteiger charge is -2.40. The molecule has 0 radical (unpaired) electrons. The fraction of sp³-hybridized carbons (Fsp3) is 0.500. The second kappa shape index (κ2) is 14.4. The molecule has 3 unspecified atom stereocenters. The maximum absolute atomic E-state index is 14.0. The Hall–Kier alpha value is -3.45. The molecule has 0 fully saturated rings. The minimum absolute atomic E-state index is 0.0409. The molecule has 0 aliphatic carbocycles. The minimum atomic E-state index is -0.774. The van der Waals surface area contributed by atoms with Crippen molar-refractivity contribution in [3.05, 3.63) is 83.4 Å². The van der Waals surface area contributed by atoms with E-state index in [1.54, 1.807) is 25.9 Å². The predicted molar refractivity (Wildman–Crippen MR) is 167 cm³/mol. The van der Waals surface area contributed by atoms with Crippen molar-refractivity contribution < 1.29 is 14.4 Å². The molecule has 0 spiro atoms. The Kier molecular flexibility index (Phi) is 11.9. The third kappa shape index (κ3) is 9.02. The molecule has 41 heavy (non-hydrogen) atoms. The van der Waals surface area contributed by atoms with E-state index in [-0.39, 0.29) is 29.7 Å². The first kappa shape index (κ1) is 33.8. The minimum Gasteiger partial charge on any atom is -0.348 e. The molecule has 0 saturated heterocycles. The number of nitrogens with zero attached hydrogens (tertiary/aromatic N) is 1. The van der Waals surface area contributed by atoms with E-state index in [1.807, 2.05) is 115 Å². The molecule has 0 aromatic heterocycles. The number of likely N-dealkylation sites (N-methyl/N-ethyl adjacent to an activating group) is 2. The molecule has 0 bridgehead atoms. The molecule has 2 aromatic carbocycles. The summed E-state index contributed by atoms with van der Waals surface area (Å²) in [5, 5.41) is 9.21. The molecule has 3 atom stereocenters. The number of carbonyl (C=O) groups excluding carboxylic acids is 3. The molecule has 224 valence electrons. The first-order chi connectivity index (χ1) is 19.1. The lowest BCUT2D eigenvalue weighted by molar-refractivity contribution is -0.140. The van der Waals surface area contributed by atoms with Gasteiger partial charge in [0.25, 0.3) is 0 Å². The van der Waals surface area contributed by atoms with Crippen LogP contribution < -0.4 is 16.0 Å². The van der Waals surface area contributed by atoms with Crippen molar-refractivity contribution in [1.29, 1.82) is 0 Å². The van der Waals surface area contributed by atoms with E-state index in [2.05, 4.69) is 16.0 Å². The van der Waals surface area contributed by atoms with Gasteiger partial charge in [-0.2, -0.15) is 0 Å². The Morgan fingerprint density at radius 3 is 1.90 bits per heavy atom. The predicted octanol–water partition coefficient (Wildman–Crippen LogP) is 4.83. The highest BCUT2D eigenvalue weighted by atomic mass is 16.2. The Morgan fingerprint density at radius 1 is 0.878 bits per heavy atom. The molecular weight excluding hydrogens is 512 g/mol. The van der Waals surface area contributed by atoms with Gasteiger partial charge < -0.3 is 20.9 Å². The molecule has 2 aromatic rings. The van der Waals surface area contributed by atoms with Crippen LogP contribution in [0.2, 0.25) is 0 Å². The van der Waals surface area contributed by atoms with Crippen molar-refractivity contribution in [2.45, 2.75) is 85.5 Å². The normalized spacial score (nSPS) is 14.7. The average molecular weight is 563 g/mol. The molecule has 0 heterocycles. The maximum Gasteiger partial charge on any atom is 0.246 e. The first-order valence-corrected chi connectivity index (χ1v) is 14.4. The smallest absolute Gasteiger partial charge is 0.246 e. The molecule has 0 aliphatic rings. The highest BCUT2D eigenvalue weighted by Gasteiger charge is 2.41. The Labute approximate surface area is 247 Å². The second-order valence-electron chi connectivity index (χ2n) is 12.8. The molecule has 3 N–H and O–H groups in total. The van der Waals surface area contributed by atoms with Crippen molar-refractivity contribution in [2.24, 2.45) is 11.3 Å². The van der Waals surface area contributed by atoms with Crippen molar-refractivity contribution >= 4 is 17.7 Å². The summed E-state index contributed by atoms with van der Waals surface area (Å²) in [5.41, 5.74) is 1.50. The zero-order valence-corrected chi connectivity index (χ0v) is 26.5. The van der Waals surface area contributed by atoms with Gasteiger partial charge in [0.15, 0.2) is 0 Å². The van der Waals surface area contributed by atoms with Gasteiger partial charge in [-0.25, -0.2) is 0 Å². The highest BCUT2D eigenvalue weighted by Crippen LogP contribution is 2.29. The van der Waals surface area contributed by atoms with Crippen molar-refractivity contribution in [1.82, 2.24) is 20.9 Å². The van der Waals surface area contributed by atoms with Crippen LogP contribution in [0.1, 0.15) is 66.5 Å². The van der Waals surface area contributed by atoms with Crippen LogP contribution in [0.4, 0.5) is 0 Å². The largest absolute Gasteiger partial charge is 0.348 e. The summed E-state index contributed by atoms with van der Waals surface area (Å²) in [6.07, 6.45) is 1.85. The standard InChI is InChI=1S/C34H50N4O3/c1-23(2)27(21-24(3)30(39)36-22-25-17-13-11-14-18-25)38(10)32(41)29(33(4,5)6)37-31(40)28(35-9)34(7,8)26-19-15-12-16-20-26/h11-21,23,27-29,35H,22H2,1-10H3,(H,36,39)(H,37,40)/b24-21+. The summed E-state index contributed by atoms with van der Waals surface area (Å²) in [6, 6.07) is 17.9. The van der Waals surface area contributed by atoms with Gasteiger partial charge in [-0.05, 0) is 36.4 Å². The zero-order valence-electron chi connectivity index (χ0n) is 26.5. The Morgan fingerprint density at radius 2 is 1.41 bits per heavy atom. The monoisotopic (exact) mass is 562 g/mol. The van der Waals surface area contributed by atoms with Gasteiger partial charge in [-0.15, -0.1) is 0 Å². The molecule has 0 saturated carbocycles. The summed E-state index contributed by atoms with van der Waals surface area (Å²) in [4.78, 5) is 42.3. The van der Waals surface area contributed by atoms with Crippen LogP contribution in [-0.2, 0) is 26.3 Å². The fourth-order valence-corrected chi connectivity index (χ4v) is 5.08.